The third-order valence-electron chi connectivity index (χ3n) is 2.51. The van der Waals surface area contributed by atoms with Crippen molar-refractivity contribution in [3.63, 3.8) is 0 Å². The minimum absolute atomic E-state index is 0.0447. The Morgan fingerprint density at radius 1 is 1.18 bits per heavy atom. The van der Waals surface area contributed by atoms with Crippen LogP contribution in [0.5, 0.6) is 0 Å². The molecule has 0 aliphatic carbocycles. The first kappa shape index (κ1) is 16.3. The first-order valence-corrected chi connectivity index (χ1v) is 6.94. The number of hydrogen-bond acceptors (Lipinski definition) is 8. The lowest BCUT2D eigenvalue weighted by molar-refractivity contribution is -0.147. The third-order valence-corrected chi connectivity index (χ3v) is 3.52. The molecule has 0 bridgehead atoms. The topological polar surface area (TPSA) is 98.6 Å². The van der Waals surface area contributed by atoms with Crippen LogP contribution in [-0.4, -0.2) is 43.8 Å². The van der Waals surface area contributed by atoms with E-state index in [9.17, 15) is 13.2 Å². The zero-order valence-electron chi connectivity index (χ0n) is 12.0. The molecule has 0 spiro atoms. The summed E-state index contributed by atoms with van der Waals surface area (Å²) in [5, 5.41) is 6.77. The highest BCUT2D eigenvalue weighted by Gasteiger charge is 2.37. The zero-order chi connectivity index (χ0) is 16.5. The molecule has 0 amide bonds. The van der Waals surface area contributed by atoms with E-state index in [0.29, 0.717) is 11.8 Å². The van der Waals surface area contributed by atoms with E-state index in [0.717, 1.165) is 16.3 Å². The number of alkyl halides is 3. The van der Waals surface area contributed by atoms with Gasteiger partial charge in [-0.05, 0) is 0 Å². The fraction of sp³-hybridized carbons (Fsp3) is 0.500. The lowest BCUT2D eigenvalue weighted by Crippen LogP contribution is -2.16. The molecular weight excluding hydrogens is 321 g/mol. The molecule has 2 aromatic rings. The molecule has 0 fully saturated rings. The number of thioether (sulfide) groups is 1. The van der Waals surface area contributed by atoms with Gasteiger partial charge in [0.2, 0.25) is 17.7 Å². The molecule has 2 rings (SSSR count). The summed E-state index contributed by atoms with van der Waals surface area (Å²) in [6.07, 6.45) is -4.55. The zero-order valence-corrected chi connectivity index (χ0v) is 12.8. The first-order valence-electron chi connectivity index (χ1n) is 5.95. The third kappa shape index (κ3) is 3.55. The van der Waals surface area contributed by atoms with E-state index < -0.39 is 12.0 Å². The fourth-order valence-electron chi connectivity index (χ4n) is 1.51. The van der Waals surface area contributed by atoms with Gasteiger partial charge in [0.05, 0.1) is 5.75 Å². The summed E-state index contributed by atoms with van der Waals surface area (Å²) >= 11 is 1.03. The van der Waals surface area contributed by atoms with Gasteiger partial charge in [-0.3, -0.25) is 0 Å². The van der Waals surface area contributed by atoms with Crippen LogP contribution < -0.4 is 10.6 Å². The quantitative estimate of drug-likeness (QED) is 0.826. The Balaban J connectivity index is 2.16. The van der Waals surface area contributed by atoms with Gasteiger partial charge in [-0.2, -0.15) is 28.1 Å². The van der Waals surface area contributed by atoms with E-state index in [1.807, 2.05) is 0 Å². The van der Waals surface area contributed by atoms with Crippen LogP contribution in [0.3, 0.4) is 0 Å². The second-order valence-electron chi connectivity index (χ2n) is 4.46. The first-order chi connectivity index (χ1) is 10.2. The van der Waals surface area contributed by atoms with Crippen LogP contribution in [-0.2, 0) is 19.0 Å². The molecule has 22 heavy (non-hydrogen) atoms. The summed E-state index contributed by atoms with van der Waals surface area (Å²) in [4.78, 5) is 13.7. The highest BCUT2D eigenvalue weighted by atomic mass is 32.2. The molecule has 8 nitrogen and oxygen atoms in total. The molecule has 120 valence electrons. The van der Waals surface area contributed by atoms with Crippen LogP contribution in [0.1, 0.15) is 11.6 Å². The molecule has 2 heterocycles. The van der Waals surface area contributed by atoms with Gasteiger partial charge >= 0.3 is 6.18 Å². The molecule has 2 aromatic heterocycles. The molecule has 0 radical (unpaired) electrons. The monoisotopic (exact) mass is 334 g/mol. The van der Waals surface area contributed by atoms with Gasteiger partial charge in [0.25, 0.3) is 0 Å². The van der Waals surface area contributed by atoms with Gasteiger partial charge in [0, 0.05) is 21.1 Å². The average Bonchev–Trinajstić information content (AvgIpc) is 2.77. The number of anilines is 2. The summed E-state index contributed by atoms with van der Waals surface area (Å²) in [7, 11) is 4.73. The molecule has 0 atom stereocenters. The Labute approximate surface area is 128 Å². The second kappa shape index (κ2) is 5.94. The largest absolute Gasteiger partial charge is 0.451 e. The lowest BCUT2D eigenvalue weighted by atomic mass is 10.6. The van der Waals surface area contributed by atoms with Crippen LogP contribution in [0.4, 0.5) is 25.1 Å². The van der Waals surface area contributed by atoms with Crippen molar-refractivity contribution in [3.8, 4) is 0 Å². The molecule has 0 saturated heterocycles. The molecule has 2 N–H and O–H groups in total. The fourth-order valence-corrected chi connectivity index (χ4v) is 2.27. The SMILES string of the molecule is CN(C)c1nc(N)nc(CSc2nnc(C(F)(F)F)n2C)n1. The predicted molar refractivity (Wildman–Crippen MR) is 74.1 cm³/mol. The summed E-state index contributed by atoms with van der Waals surface area (Å²) in [5.74, 6) is -0.102. The Morgan fingerprint density at radius 3 is 2.41 bits per heavy atom. The van der Waals surface area contributed by atoms with Crippen LogP contribution in [0.15, 0.2) is 5.16 Å². The molecule has 12 heteroatoms. The van der Waals surface area contributed by atoms with Crippen LogP contribution in [0.25, 0.3) is 0 Å². The lowest BCUT2D eigenvalue weighted by Gasteiger charge is -2.11. The van der Waals surface area contributed by atoms with Crippen molar-refractivity contribution in [1.82, 2.24) is 29.7 Å². The van der Waals surface area contributed by atoms with E-state index in [1.54, 1.807) is 19.0 Å². The van der Waals surface area contributed by atoms with E-state index in [-0.39, 0.29) is 16.9 Å². The van der Waals surface area contributed by atoms with Crippen LogP contribution in [0.2, 0.25) is 0 Å². The second-order valence-corrected chi connectivity index (χ2v) is 5.40. The average molecular weight is 334 g/mol. The number of nitrogen functional groups attached to an aromatic ring is 1. The smallest absolute Gasteiger partial charge is 0.368 e. The maximum Gasteiger partial charge on any atom is 0.451 e. The van der Waals surface area contributed by atoms with E-state index in [1.165, 1.54) is 7.05 Å². The van der Waals surface area contributed by atoms with Crippen molar-refractivity contribution in [3.05, 3.63) is 11.6 Å². The van der Waals surface area contributed by atoms with Crippen LogP contribution in [0, 0.1) is 0 Å². The van der Waals surface area contributed by atoms with Gasteiger partial charge in [0.15, 0.2) is 5.16 Å². The van der Waals surface area contributed by atoms with E-state index >= 15 is 0 Å². The van der Waals surface area contributed by atoms with Crippen LogP contribution >= 0.6 is 11.8 Å². The van der Waals surface area contributed by atoms with Crippen molar-refractivity contribution >= 4 is 23.7 Å². The Hall–Kier alpha value is -2.11. The molecular formula is C10H13F3N8S. The van der Waals surface area contributed by atoms with Gasteiger partial charge in [-0.1, -0.05) is 11.8 Å². The van der Waals surface area contributed by atoms with E-state index in [2.05, 4.69) is 25.1 Å². The number of nitrogens with zero attached hydrogens (tertiary/aromatic N) is 7. The summed E-state index contributed by atoms with van der Waals surface area (Å²) in [6.45, 7) is 0. The maximum absolute atomic E-state index is 12.6. The number of nitrogens with two attached hydrogens (primary N) is 1. The molecule has 0 aliphatic heterocycles. The standard InChI is InChI=1S/C10H13F3N8S/c1-20(2)8-16-5(15-7(14)17-8)4-22-9-19-18-6(21(9)3)10(11,12)13/h4H2,1-3H3,(H2,14,15,16,17). The molecule has 0 unspecified atom stereocenters. The van der Waals surface area contributed by atoms with Gasteiger partial charge in [-0.15, -0.1) is 10.2 Å². The van der Waals surface area contributed by atoms with Crippen molar-refractivity contribution < 1.29 is 13.2 Å². The summed E-state index contributed by atoms with van der Waals surface area (Å²) in [6, 6.07) is 0. The number of halogens is 3. The van der Waals surface area contributed by atoms with Gasteiger partial charge < -0.3 is 15.2 Å². The maximum atomic E-state index is 12.6. The Bertz CT molecular complexity index is 669. The number of hydrogen-bond donors (Lipinski definition) is 1. The Morgan fingerprint density at radius 2 is 1.86 bits per heavy atom. The van der Waals surface area contributed by atoms with Gasteiger partial charge in [0.1, 0.15) is 5.82 Å². The Kier molecular flexibility index (Phi) is 4.39. The minimum atomic E-state index is -4.55. The predicted octanol–water partition coefficient (Wildman–Crippen LogP) is 0.959. The number of rotatable bonds is 4. The highest BCUT2D eigenvalue weighted by Crippen LogP contribution is 2.30. The van der Waals surface area contributed by atoms with Crippen molar-refractivity contribution in [2.45, 2.75) is 17.1 Å². The summed E-state index contributed by atoms with van der Waals surface area (Å²) < 4.78 is 38.8. The highest BCUT2D eigenvalue weighted by molar-refractivity contribution is 7.98. The minimum Gasteiger partial charge on any atom is -0.368 e. The van der Waals surface area contributed by atoms with Gasteiger partial charge in [-0.25, -0.2) is 0 Å². The molecule has 0 saturated carbocycles. The number of aromatic nitrogens is 6. The van der Waals surface area contributed by atoms with Crippen molar-refractivity contribution in [2.75, 3.05) is 24.7 Å². The molecule has 0 aliphatic rings. The normalized spacial score (nSPS) is 11.7. The molecule has 0 aromatic carbocycles. The van der Waals surface area contributed by atoms with E-state index in [4.69, 9.17) is 5.73 Å². The van der Waals surface area contributed by atoms with Crippen molar-refractivity contribution in [1.29, 1.82) is 0 Å². The van der Waals surface area contributed by atoms with Crippen molar-refractivity contribution in [2.24, 2.45) is 7.05 Å². The summed E-state index contributed by atoms with van der Waals surface area (Å²) in [5.41, 5.74) is 5.58.